The van der Waals surface area contributed by atoms with Gasteiger partial charge in [0.15, 0.2) is 0 Å². The van der Waals surface area contributed by atoms with Crippen molar-refractivity contribution in [3.05, 3.63) is 59.9 Å². The molecule has 2 N–H and O–H groups in total. The molecule has 0 aromatic heterocycles. The van der Waals surface area contributed by atoms with Crippen LogP contribution >= 0.6 is 0 Å². The maximum atomic E-state index is 13.0. The van der Waals surface area contributed by atoms with Gasteiger partial charge in [-0.25, -0.2) is 12.8 Å². The van der Waals surface area contributed by atoms with Crippen LogP contribution in [0.5, 0.6) is 0 Å². The predicted molar refractivity (Wildman–Crippen MR) is 114 cm³/mol. The number of sulfonamides is 1. The highest BCUT2D eigenvalue weighted by molar-refractivity contribution is 7.92. The summed E-state index contributed by atoms with van der Waals surface area (Å²) < 4.78 is 40.2. The predicted octanol–water partition coefficient (Wildman–Crippen LogP) is 4.11. The number of fused-ring (bicyclic) bond motifs is 2. The maximum Gasteiger partial charge on any atom is 0.261 e. The van der Waals surface area contributed by atoms with E-state index in [4.69, 9.17) is 0 Å². The molecule has 5 nitrogen and oxygen atoms in total. The van der Waals surface area contributed by atoms with Crippen molar-refractivity contribution in [1.82, 2.24) is 5.32 Å². The Morgan fingerprint density at radius 1 is 1.07 bits per heavy atom. The van der Waals surface area contributed by atoms with Crippen LogP contribution in [0.1, 0.15) is 38.2 Å². The van der Waals surface area contributed by atoms with Gasteiger partial charge >= 0.3 is 0 Å². The highest BCUT2D eigenvalue weighted by Gasteiger charge is 2.42. The third kappa shape index (κ3) is 4.67. The van der Waals surface area contributed by atoms with Gasteiger partial charge in [0, 0.05) is 11.7 Å². The summed E-state index contributed by atoms with van der Waals surface area (Å²) in [6.07, 6.45) is 5.45. The normalized spacial score (nSPS) is 23.9. The first-order chi connectivity index (χ1) is 14.3. The van der Waals surface area contributed by atoms with Crippen molar-refractivity contribution < 1.29 is 17.6 Å². The molecular weight excluding hydrogens is 403 g/mol. The maximum absolute atomic E-state index is 13.0. The van der Waals surface area contributed by atoms with Crippen molar-refractivity contribution in [3.8, 4) is 0 Å². The lowest BCUT2D eigenvalue weighted by molar-refractivity contribution is -0.121. The molecule has 0 heterocycles. The van der Waals surface area contributed by atoms with Crippen molar-refractivity contribution in [2.75, 3.05) is 4.72 Å². The first-order valence-electron chi connectivity index (χ1n) is 10.5. The molecular formula is C23H27FN2O3S. The van der Waals surface area contributed by atoms with Crippen LogP contribution in [0.25, 0.3) is 0 Å². The first-order valence-corrected chi connectivity index (χ1v) is 11.9. The molecule has 0 aliphatic heterocycles. The van der Waals surface area contributed by atoms with Crippen LogP contribution in [0.4, 0.5) is 10.1 Å². The van der Waals surface area contributed by atoms with Crippen LogP contribution in [0.3, 0.4) is 0 Å². The molecule has 2 aliphatic carbocycles. The van der Waals surface area contributed by atoms with Crippen molar-refractivity contribution >= 4 is 21.6 Å². The van der Waals surface area contributed by atoms with Crippen LogP contribution in [0, 0.1) is 23.6 Å². The molecule has 2 aliphatic rings. The fourth-order valence-corrected chi connectivity index (χ4v) is 6.08. The number of benzene rings is 2. The molecule has 2 saturated carbocycles. The van der Waals surface area contributed by atoms with Crippen molar-refractivity contribution in [3.63, 3.8) is 0 Å². The van der Waals surface area contributed by atoms with Gasteiger partial charge in [-0.15, -0.1) is 0 Å². The Kier molecular flexibility index (Phi) is 5.82. The van der Waals surface area contributed by atoms with E-state index < -0.39 is 15.8 Å². The Morgan fingerprint density at radius 3 is 2.37 bits per heavy atom. The molecule has 2 aromatic rings. The fourth-order valence-electron chi connectivity index (χ4n) is 5.02. The number of carbonyl (C=O) groups is 1. The molecule has 0 spiro atoms. The number of hydrogen-bond donors (Lipinski definition) is 2. The molecule has 2 bridgehead atoms. The third-order valence-electron chi connectivity index (χ3n) is 6.52. The average molecular weight is 431 g/mol. The number of anilines is 1. The summed E-state index contributed by atoms with van der Waals surface area (Å²) in [5.74, 6) is 1.71. The molecule has 0 unspecified atom stereocenters. The number of nitrogens with one attached hydrogen (secondary N) is 2. The van der Waals surface area contributed by atoms with E-state index in [0.29, 0.717) is 11.6 Å². The summed E-state index contributed by atoms with van der Waals surface area (Å²) in [6, 6.07) is 11.6. The molecule has 4 rings (SSSR count). The number of hydrogen-bond acceptors (Lipinski definition) is 3. The summed E-state index contributed by atoms with van der Waals surface area (Å²) in [7, 11) is -3.79. The number of halogens is 1. The van der Waals surface area contributed by atoms with Crippen molar-refractivity contribution in [1.29, 1.82) is 0 Å². The van der Waals surface area contributed by atoms with Gasteiger partial charge in [-0.05, 0) is 85.9 Å². The Labute approximate surface area is 177 Å². The molecule has 7 heteroatoms. The summed E-state index contributed by atoms with van der Waals surface area (Å²) in [4.78, 5) is 12.4. The lowest BCUT2D eigenvalue weighted by Gasteiger charge is -2.28. The van der Waals surface area contributed by atoms with Crippen LogP contribution < -0.4 is 10.0 Å². The second-order valence-electron chi connectivity index (χ2n) is 8.63. The van der Waals surface area contributed by atoms with E-state index in [9.17, 15) is 17.6 Å². The van der Waals surface area contributed by atoms with Crippen LogP contribution in [0.2, 0.25) is 0 Å². The zero-order valence-corrected chi connectivity index (χ0v) is 17.8. The number of amides is 1. The van der Waals surface area contributed by atoms with Gasteiger partial charge in [0.05, 0.1) is 11.3 Å². The van der Waals surface area contributed by atoms with Gasteiger partial charge in [0.25, 0.3) is 10.0 Å². The molecule has 4 atom stereocenters. The second-order valence-corrected chi connectivity index (χ2v) is 10.3. The molecule has 0 radical (unpaired) electrons. The Bertz CT molecular complexity index is 1010. The van der Waals surface area contributed by atoms with E-state index in [1.807, 2.05) is 0 Å². The topological polar surface area (TPSA) is 75.3 Å². The van der Waals surface area contributed by atoms with E-state index in [0.717, 1.165) is 29.5 Å². The van der Waals surface area contributed by atoms with Crippen LogP contribution in [-0.2, 0) is 21.2 Å². The fraction of sp³-hybridized carbons (Fsp3) is 0.435. The standard InChI is InChI=1S/C23H27FN2O3S/c1-15(22-13-17-2-5-18(22)12-17)25-23(27)14-16-3-8-20(9-4-16)26-30(28,29)21-10-6-19(24)7-11-21/h3-4,6-11,15,17-18,22,26H,2,5,12-14H2,1H3,(H,25,27)/t15-,17+,18+,22+/m0/s1. The van der Waals surface area contributed by atoms with Gasteiger partial charge in [-0.3, -0.25) is 9.52 Å². The van der Waals surface area contributed by atoms with Gasteiger partial charge in [0.2, 0.25) is 5.91 Å². The highest BCUT2D eigenvalue weighted by Crippen LogP contribution is 2.49. The zero-order valence-electron chi connectivity index (χ0n) is 17.0. The summed E-state index contributed by atoms with van der Waals surface area (Å²) >= 11 is 0. The minimum Gasteiger partial charge on any atom is -0.353 e. The third-order valence-corrected chi connectivity index (χ3v) is 7.92. The summed E-state index contributed by atoms with van der Waals surface area (Å²) in [5.41, 5.74) is 1.20. The van der Waals surface area contributed by atoms with Gasteiger partial charge < -0.3 is 5.32 Å². The quantitative estimate of drug-likeness (QED) is 0.694. The molecule has 0 saturated heterocycles. The van der Waals surface area contributed by atoms with Crippen LogP contribution in [-0.4, -0.2) is 20.4 Å². The molecule has 160 valence electrons. The SMILES string of the molecule is C[C@H](NC(=O)Cc1ccc(NS(=O)(=O)c2ccc(F)cc2)cc1)[C@H]1C[C@@H]2CC[C@@H]1C2. The largest absolute Gasteiger partial charge is 0.353 e. The number of carbonyl (C=O) groups excluding carboxylic acids is 1. The smallest absolute Gasteiger partial charge is 0.261 e. The van der Waals surface area contributed by atoms with Gasteiger partial charge in [-0.2, -0.15) is 0 Å². The molecule has 30 heavy (non-hydrogen) atoms. The van der Waals surface area contributed by atoms with Crippen LogP contribution in [0.15, 0.2) is 53.4 Å². The van der Waals surface area contributed by atoms with Crippen molar-refractivity contribution in [2.45, 2.75) is 50.0 Å². The van der Waals surface area contributed by atoms with Crippen molar-refractivity contribution in [2.24, 2.45) is 17.8 Å². The van der Waals surface area contributed by atoms with E-state index in [2.05, 4.69) is 17.0 Å². The lowest BCUT2D eigenvalue weighted by Crippen LogP contribution is -2.40. The van der Waals surface area contributed by atoms with E-state index in [-0.39, 0.29) is 23.3 Å². The molecule has 2 fully saturated rings. The Morgan fingerprint density at radius 2 is 1.77 bits per heavy atom. The van der Waals surface area contributed by atoms with E-state index in [1.165, 1.54) is 37.8 Å². The average Bonchev–Trinajstić information content (AvgIpc) is 3.33. The lowest BCUT2D eigenvalue weighted by atomic mass is 9.84. The Hall–Kier alpha value is -2.41. The van der Waals surface area contributed by atoms with Gasteiger partial charge in [0.1, 0.15) is 5.82 Å². The number of rotatable bonds is 7. The van der Waals surface area contributed by atoms with E-state index in [1.54, 1.807) is 24.3 Å². The minimum absolute atomic E-state index is 0.00934. The zero-order chi connectivity index (χ0) is 21.3. The monoisotopic (exact) mass is 430 g/mol. The Balaban J connectivity index is 1.32. The second kappa shape index (κ2) is 8.38. The first kappa shape index (κ1) is 20.8. The highest BCUT2D eigenvalue weighted by atomic mass is 32.2. The van der Waals surface area contributed by atoms with E-state index >= 15 is 0 Å². The van der Waals surface area contributed by atoms with Gasteiger partial charge in [-0.1, -0.05) is 18.6 Å². The minimum atomic E-state index is -3.79. The summed E-state index contributed by atoms with van der Waals surface area (Å²) in [6.45, 7) is 2.11. The molecule has 1 amide bonds. The summed E-state index contributed by atoms with van der Waals surface area (Å²) in [5, 5.41) is 3.15. The molecule has 2 aromatic carbocycles.